The van der Waals surface area contributed by atoms with Crippen molar-refractivity contribution in [3.8, 4) is 0 Å². The van der Waals surface area contributed by atoms with Crippen LogP contribution in [0.2, 0.25) is 5.02 Å². The van der Waals surface area contributed by atoms with Gasteiger partial charge in [0.1, 0.15) is 5.82 Å². The molecule has 0 heterocycles. The van der Waals surface area contributed by atoms with E-state index in [-0.39, 0.29) is 11.6 Å². The van der Waals surface area contributed by atoms with Crippen molar-refractivity contribution in [3.05, 3.63) is 34.6 Å². The molecule has 1 amide bonds. The van der Waals surface area contributed by atoms with Crippen molar-refractivity contribution >= 4 is 33.4 Å². The fourth-order valence-corrected chi connectivity index (χ4v) is 1.78. The minimum Gasteiger partial charge on any atom is -0.383 e. The first-order chi connectivity index (χ1) is 8.08. The van der Waals surface area contributed by atoms with E-state index in [1.807, 2.05) is 0 Å². The maximum atomic E-state index is 13.4. The molecular weight excluding hydrogens is 312 g/mol. The van der Waals surface area contributed by atoms with Crippen LogP contribution in [0.15, 0.2) is 18.2 Å². The van der Waals surface area contributed by atoms with Crippen LogP contribution < -0.4 is 5.32 Å². The number of alkyl halides is 1. The average Bonchev–Trinajstić information content (AvgIpc) is 2.31. The van der Waals surface area contributed by atoms with Gasteiger partial charge in [-0.05, 0) is 18.2 Å². The Balaban J connectivity index is 2.78. The zero-order valence-corrected chi connectivity index (χ0v) is 11.5. The third-order valence-electron chi connectivity index (χ3n) is 2.06. The van der Waals surface area contributed by atoms with Crippen LogP contribution in [0.4, 0.5) is 4.39 Å². The van der Waals surface area contributed by atoms with Crippen molar-refractivity contribution in [3.63, 3.8) is 0 Å². The topological polar surface area (TPSA) is 38.3 Å². The van der Waals surface area contributed by atoms with Gasteiger partial charge in [-0.1, -0.05) is 27.5 Å². The van der Waals surface area contributed by atoms with Gasteiger partial charge < -0.3 is 10.1 Å². The highest BCUT2D eigenvalue weighted by atomic mass is 79.9. The van der Waals surface area contributed by atoms with Gasteiger partial charge >= 0.3 is 0 Å². The van der Waals surface area contributed by atoms with E-state index in [1.54, 1.807) is 0 Å². The van der Waals surface area contributed by atoms with Crippen LogP contribution in [-0.2, 0) is 4.74 Å². The van der Waals surface area contributed by atoms with Gasteiger partial charge in [0.2, 0.25) is 0 Å². The van der Waals surface area contributed by atoms with Crippen LogP contribution >= 0.6 is 27.5 Å². The molecule has 1 aromatic carbocycles. The van der Waals surface area contributed by atoms with E-state index in [0.717, 1.165) is 6.07 Å². The van der Waals surface area contributed by atoms with E-state index in [4.69, 9.17) is 16.3 Å². The summed E-state index contributed by atoms with van der Waals surface area (Å²) in [6.07, 6.45) is 0. The van der Waals surface area contributed by atoms with E-state index in [2.05, 4.69) is 21.2 Å². The molecule has 0 saturated carbocycles. The molecule has 0 bridgehead atoms. The first-order valence-electron chi connectivity index (χ1n) is 4.89. The fourth-order valence-electron chi connectivity index (χ4n) is 1.26. The Labute approximate surface area is 112 Å². The SMILES string of the molecule is COCC(CBr)NC(=O)c1cc(Cl)ccc1F. The molecule has 3 nitrogen and oxygen atoms in total. The molecule has 0 radical (unpaired) electrons. The summed E-state index contributed by atoms with van der Waals surface area (Å²) in [6.45, 7) is 0.346. The minimum absolute atomic E-state index is 0.0699. The molecule has 1 rings (SSSR count). The molecule has 0 aliphatic heterocycles. The van der Waals surface area contributed by atoms with Gasteiger partial charge in [-0.3, -0.25) is 4.79 Å². The molecule has 1 N–H and O–H groups in total. The molecule has 94 valence electrons. The van der Waals surface area contributed by atoms with Gasteiger partial charge in [-0.25, -0.2) is 4.39 Å². The number of ether oxygens (including phenoxy) is 1. The van der Waals surface area contributed by atoms with E-state index in [0.29, 0.717) is 17.0 Å². The van der Waals surface area contributed by atoms with Crippen molar-refractivity contribution in [1.29, 1.82) is 0 Å². The Bertz CT molecular complexity index is 403. The highest BCUT2D eigenvalue weighted by molar-refractivity contribution is 9.09. The number of methoxy groups -OCH3 is 1. The zero-order chi connectivity index (χ0) is 12.8. The third-order valence-corrected chi connectivity index (χ3v) is 3.08. The molecule has 0 saturated heterocycles. The summed E-state index contributed by atoms with van der Waals surface area (Å²) in [5.41, 5.74) is -0.0699. The molecule has 0 aliphatic carbocycles. The molecule has 0 aliphatic rings. The summed E-state index contributed by atoms with van der Waals surface area (Å²) in [5, 5.41) is 3.48. The molecule has 0 fully saturated rings. The second-order valence-electron chi connectivity index (χ2n) is 3.40. The summed E-state index contributed by atoms with van der Waals surface area (Å²) >= 11 is 8.95. The van der Waals surface area contributed by atoms with Crippen molar-refractivity contribution in [2.75, 3.05) is 19.0 Å². The molecule has 17 heavy (non-hydrogen) atoms. The number of amides is 1. The van der Waals surface area contributed by atoms with Crippen LogP contribution in [0.25, 0.3) is 0 Å². The summed E-state index contributed by atoms with van der Waals surface area (Å²) < 4.78 is 18.3. The van der Waals surface area contributed by atoms with E-state index in [1.165, 1.54) is 19.2 Å². The second-order valence-corrected chi connectivity index (χ2v) is 4.49. The number of rotatable bonds is 5. The van der Waals surface area contributed by atoms with Gasteiger partial charge in [-0.2, -0.15) is 0 Å². The molecule has 6 heteroatoms. The lowest BCUT2D eigenvalue weighted by Gasteiger charge is -2.15. The Morgan fingerprint density at radius 3 is 2.94 bits per heavy atom. The summed E-state index contributed by atoms with van der Waals surface area (Å²) in [5.74, 6) is -1.11. The van der Waals surface area contributed by atoms with Gasteiger partial charge in [0.15, 0.2) is 0 Å². The van der Waals surface area contributed by atoms with Crippen LogP contribution in [0.5, 0.6) is 0 Å². The quantitative estimate of drug-likeness (QED) is 0.846. The largest absolute Gasteiger partial charge is 0.383 e. The fraction of sp³-hybridized carbons (Fsp3) is 0.364. The van der Waals surface area contributed by atoms with Gasteiger partial charge in [0.05, 0.1) is 18.2 Å². The van der Waals surface area contributed by atoms with Crippen LogP contribution in [-0.4, -0.2) is 31.0 Å². The number of hydrogen-bond acceptors (Lipinski definition) is 2. The Hall–Kier alpha value is -0.650. The Kier molecular flexibility index (Phi) is 5.88. The third kappa shape index (κ3) is 4.26. The first-order valence-corrected chi connectivity index (χ1v) is 6.39. The summed E-state index contributed by atoms with van der Waals surface area (Å²) in [7, 11) is 1.53. The van der Waals surface area contributed by atoms with E-state index < -0.39 is 11.7 Å². The summed E-state index contributed by atoms with van der Waals surface area (Å²) in [4.78, 5) is 11.8. The normalized spacial score (nSPS) is 12.2. The van der Waals surface area contributed by atoms with Crippen LogP contribution in [0.3, 0.4) is 0 Å². The van der Waals surface area contributed by atoms with Crippen LogP contribution in [0.1, 0.15) is 10.4 Å². The number of benzene rings is 1. The molecular formula is C11H12BrClFNO2. The lowest BCUT2D eigenvalue weighted by atomic mass is 10.2. The second kappa shape index (κ2) is 6.93. The van der Waals surface area contributed by atoms with Crippen molar-refractivity contribution in [2.45, 2.75) is 6.04 Å². The Morgan fingerprint density at radius 2 is 2.35 bits per heavy atom. The molecule has 0 spiro atoms. The number of carbonyl (C=O) groups excluding carboxylic acids is 1. The molecule has 1 aromatic rings. The average molecular weight is 325 g/mol. The highest BCUT2D eigenvalue weighted by Crippen LogP contribution is 2.15. The van der Waals surface area contributed by atoms with E-state index in [9.17, 15) is 9.18 Å². The standard InChI is InChI=1S/C11H12BrClFNO2/c1-17-6-8(5-12)15-11(16)9-4-7(13)2-3-10(9)14/h2-4,8H,5-6H2,1H3,(H,15,16). The van der Waals surface area contributed by atoms with Crippen molar-refractivity contribution in [1.82, 2.24) is 5.32 Å². The number of hydrogen-bond donors (Lipinski definition) is 1. The molecule has 1 atom stereocenters. The maximum absolute atomic E-state index is 13.4. The lowest BCUT2D eigenvalue weighted by Crippen LogP contribution is -2.39. The maximum Gasteiger partial charge on any atom is 0.254 e. The van der Waals surface area contributed by atoms with Crippen molar-refractivity contribution < 1.29 is 13.9 Å². The predicted octanol–water partition coefficient (Wildman–Crippen LogP) is 2.62. The monoisotopic (exact) mass is 323 g/mol. The number of nitrogens with one attached hydrogen (secondary N) is 1. The van der Waals surface area contributed by atoms with E-state index >= 15 is 0 Å². The van der Waals surface area contributed by atoms with Crippen molar-refractivity contribution in [2.24, 2.45) is 0 Å². The number of carbonyl (C=O) groups is 1. The van der Waals surface area contributed by atoms with Gasteiger partial charge in [-0.15, -0.1) is 0 Å². The minimum atomic E-state index is -0.599. The smallest absolute Gasteiger partial charge is 0.254 e. The van der Waals surface area contributed by atoms with Gasteiger partial charge in [0, 0.05) is 17.5 Å². The first kappa shape index (κ1) is 14.4. The summed E-state index contributed by atoms with van der Waals surface area (Å²) in [6, 6.07) is 3.64. The lowest BCUT2D eigenvalue weighted by molar-refractivity contribution is 0.0904. The van der Waals surface area contributed by atoms with Crippen LogP contribution in [0, 0.1) is 5.82 Å². The van der Waals surface area contributed by atoms with Gasteiger partial charge in [0.25, 0.3) is 5.91 Å². The highest BCUT2D eigenvalue weighted by Gasteiger charge is 2.16. The molecule has 1 unspecified atom stereocenters. The number of halogens is 3. The predicted molar refractivity (Wildman–Crippen MR) is 68.3 cm³/mol. The zero-order valence-electron chi connectivity index (χ0n) is 9.17. The molecule has 0 aromatic heterocycles. The Morgan fingerprint density at radius 1 is 1.65 bits per heavy atom.